The van der Waals surface area contributed by atoms with E-state index in [0.717, 1.165) is 47.9 Å². The average Bonchev–Trinajstić information content (AvgIpc) is 3.23. The summed E-state index contributed by atoms with van der Waals surface area (Å²) in [6.45, 7) is 3.62. The van der Waals surface area contributed by atoms with Crippen molar-refractivity contribution < 1.29 is 4.74 Å². The molecular formula is C18H19N3OS. The average molecular weight is 325 g/mol. The number of thiophene rings is 1. The molecule has 0 aliphatic carbocycles. The van der Waals surface area contributed by atoms with E-state index in [2.05, 4.69) is 44.9 Å². The number of aryl methyl sites for hydroxylation is 1. The molecule has 4 nitrogen and oxygen atoms in total. The Balaban J connectivity index is 1.74. The third-order valence-corrected chi connectivity index (χ3v) is 5.02. The summed E-state index contributed by atoms with van der Waals surface area (Å²) < 4.78 is 5.71. The standard InChI is InChI=1S/C18H19N3OS/c1-12-20-17(19-10-14-8-5-9-22-14)16-15(11-23-18(16)21-12)13-6-3-2-4-7-13/h2-4,6-7,11,14H,5,8-10H2,1H3,(H,19,20,21)/t14-/m0/s1. The minimum absolute atomic E-state index is 0.291. The molecule has 3 heterocycles. The SMILES string of the molecule is Cc1nc(NC[C@@H]2CCCO2)c2c(-c3ccccc3)csc2n1. The first kappa shape index (κ1) is 14.6. The number of anilines is 1. The van der Waals surface area contributed by atoms with E-state index in [-0.39, 0.29) is 0 Å². The fraction of sp³-hybridized carbons (Fsp3) is 0.333. The second-order valence-corrected chi connectivity index (χ2v) is 6.69. The maximum atomic E-state index is 5.71. The first-order chi connectivity index (χ1) is 11.3. The van der Waals surface area contributed by atoms with Gasteiger partial charge in [0.2, 0.25) is 0 Å². The van der Waals surface area contributed by atoms with Crippen molar-refractivity contribution in [1.29, 1.82) is 0 Å². The molecule has 0 spiro atoms. The van der Waals surface area contributed by atoms with Gasteiger partial charge in [0.05, 0.1) is 11.5 Å². The van der Waals surface area contributed by atoms with Gasteiger partial charge in [0.25, 0.3) is 0 Å². The lowest BCUT2D eigenvalue weighted by atomic mass is 10.1. The van der Waals surface area contributed by atoms with Gasteiger partial charge in [0, 0.05) is 24.1 Å². The number of nitrogens with one attached hydrogen (secondary N) is 1. The molecule has 23 heavy (non-hydrogen) atoms. The Hall–Kier alpha value is -1.98. The topological polar surface area (TPSA) is 47.0 Å². The van der Waals surface area contributed by atoms with E-state index in [4.69, 9.17) is 4.74 Å². The molecule has 0 radical (unpaired) electrons. The van der Waals surface area contributed by atoms with Gasteiger partial charge in [-0.1, -0.05) is 30.3 Å². The molecule has 1 atom stereocenters. The van der Waals surface area contributed by atoms with E-state index < -0.39 is 0 Å². The Morgan fingerprint density at radius 1 is 1.26 bits per heavy atom. The maximum Gasteiger partial charge on any atom is 0.139 e. The quantitative estimate of drug-likeness (QED) is 0.778. The lowest BCUT2D eigenvalue weighted by molar-refractivity contribution is 0.120. The molecule has 4 rings (SSSR count). The number of benzene rings is 1. The third kappa shape index (κ3) is 2.94. The maximum absolute atomic E-state index is 5.71. The van der Waals surface area contributed by atoms with Crippen LogP contribution in [0.15, 0.2) is 35.7 Å². The van der Waals surface area contributed by atoms with Crippen LogP contribution in [0.3, 0.4) is 0 Å². The smallest absolute Gasteiger partial charge is 0.139 e. The molecule has 0 unspecified atom stereocenters. The second kappa shape index (κ2) is 6.26. The van der Waals surface area contributed by atoms with Gasteiger partial charge in [-0.05, 0) is 25.3 Å². The van der Waals surface area contributed by atoms with Crippen molar-refractivity contribution in [3.05, 3.63) is 41.5 Å². The molecule has 1 N–H and O–H groups in total. The predicted molar refractivity (Wildman–Crippen MR) is 95.1 cm³/mol. The van der Waals surface area contributed by atoms with Crippen LogP contribution in [0.1, 0.15) is 18.7 Å². The molecule has 1 fully saturated rings. The van der Waals surface area contributed by atoms with Crippen molar-refractivity contribution in [2.75, 3.05) is 18.5 Å². The Morgan fingerprint density at radius 3 is 2.91 bits per heavy atom. The van der Waals surface area contributed by atoms with Crippen LogP contribution in [-0.4, -0.2) is 29.2 Å². The van der Waals surface area contributed by atoms with Crippen molar-refractivity contribution in [3.8, 4) is 11.1 Å². The van der Waals surface area contributed by atoms with Gasteiger partial charge in [0.1, 0.15) is 16.5 Å². The minimum Gasteiger partial charge on any atom is -0.376 e. The Labute approximate surface area is 139 Å². The summed E-state index contributed by atoms with van der Waals surface area (Å²) in [5, 5.41) is 6.78. The normalized spacial score (nSPS) is 17.7. The van der Waals surface area contributed by atoms with Crippen molar-refractivity contribution in [2.45, 2.75) is 25.9 Å². The summed E-state index contributed by atoms with van der Waals surface area (Å²) in [6.07, 6.45) is 2.56. The van der Waals surface area contributed by atoms with Crippen LogP contribution >= 0.6 is 11.3 Å². The molecule has 1 aliphatic heterocycles. The molecule has 0 saturated carbocycles. The highest BCUT2D eigenvalue weighted by molar-refractivity contribution is 7.17. The largest absolute Gasteiger partial charge is 0.376 e. The molecule has 0 amide bonds. The second-order valence-electron chi connectivity index (χ2n) is 5.83. The molecule has 118 valence electrons. The molecular weight excluding hydrogens is 306 g/mol. The van der Waals surface area contributed by atoms with Crippen LogP contribution < -0.4 is 5.32 Å². The van der Waals surface area contributed by atoms with E-state index >= 15 is 0 Å². The lowest BCUT2D eigenvalue weighted by Gasteiger charge is -2.13. The number of hydrogen-bond acceptors (Lipinski definition) is 5. The summed E-state index contributed by atoms with van der Waals surface area (Å²) >= 11 is 1.67. The van der Waals surface area contributed by atoms with Crippen LogP contribution in [0, 0.1) is 6.92 Å². The van der Waals surface area contributed by atoms with Crippen molar-refractivity contribution in [1.82, 2.24) is 9.97 Å². The van der Waals surface area contributed by atoms with Crippen molar-refractivity contribution in [3.63, 3.8) is 0 Å². The van der Waals surface area contributed by atoms with Crippen LogP contribution in [0.25, 0.3) is 21.3 Å². The van der Waals surface area contributed by atoms with Crippen LogP contribution in [0.5, 0.6) is 0 Å². The summed E-state index contributed by atoms with van der Waals surface area (Å²) in [5.41, 5.74) is 2.40. The fourth-order valence-electron chi connectivity index (χ4n) is 3.02. The van der Waals surface area contributed by atoms with Gasteiger partial charge in [-0.3, -0.25) is 0 Å². The van der Waals surface area contributed by atoms with Crippen LogP contribution in [0.2, 0.25) is 0 Å². The molecule has 2 aromatic heterocycles. The minimum atomic E-state index is 0.291. The lowest BCUT2D eigenvalue weighted by Crippen LogP contribution is -2.19. The highest BCUT2D eigenvalue weighted by Crippen LogP contribution is 2.36. The zero-order valence-corrected chi connectivity index (χ0v) is 13.9. The van der Waals surface area contributed by atoms with Crippen LogP contribution in [-0.2, 0) is 4.74 Å². The van der Waals surface area contributed by atoms with E-state index in [9.17, 15) is 0 Å². The molecule has 5 heteroatoms. The Morgan fingerprint density at radius 2 is 2.13 bits per heavy atom. The Kier molecular flexibility index (Phi) is 3.97. The first-order valence-corrected chi connectivity index (χ1v) is 8.86. The van der Waals surface area contributed by atoms with Crippen molar-refractivity contribution in [2.24, 2.45) is 0 Å². The van der Waals surface area contributed by atoms with Gasteiger partial charge < -0.3 is 10.1 Å². The Bertz CT molecular complexity index is 810. The highest BCUT2D eigenvalue weighted by Gasteiger charge is 2.18. The third-order valence-electron chi connectivity index (χ3n) is 4.15. The number of fused-ring (bicyclic) bond motifs is 1. The number of rotatable bonds is 4. The van der Waals surface area contributed by atoms with Gasteiger partial charge >= 0.3 is 0 Å². The van der Waals surface area contributed by atoms with Gasteiger partial charge in [-0.15, -0.1) is 11.3 Å². The summed E-state index contributed by atoms with van der Waals surface area (Å²) in [7, 11) is 0. The summed E-state index contributed by atoms with van der Waals surface area (Å²) in [5.74, 6) is 1.72. The molecule has 1 aromatic carbocycles. The van der Waals surface area contributed by atoms with Crippen LogP contribution in [0.4, 0.5) is 5.82 Å². The van der Waals surface area contributed by atoms with E-state index in [1.807, 2.05) is 13.0 Å². The van der Waals surface area contributed by atoms with E-state index in [1.165, 1.54) is 11.1 Å². The number of hydrogen-bond donors (Lipinski definition) is 1. The molecule has 1 aliphatic rings. The summed E-state index contributed by atoms with van der Waals surface area (Å²) in [6, 6.07) is 10.4. The van der Waals surface area contributed by atoms with E-state index in [0.29, 0.717) is 6.10 Å². The van der Waals surface area contributed by atoms with Gasteiger partial charge in [-0.2, -0.15) is 0 Å². The number of aromatic nitrogens is 2. The first-order valence-electron chi connectivity index (χ1n) is 7.98. The van der Waals surface area contributed by atoms with Gasteiger partial charge in [-0.25, -0.2) is 9.97 Å². The number of nitrogens with zero attached hydrogens (tertiary/aromatic N) is 2. The highest BCUT2D eigenvalue weighted by atomic mass is 32.1. The number of ether oxygens (including phenoxy) is 1. The zero-order valence-electron chi connectivity index (χ0n) is 13.1. The van der Waals surface area contributed by atoms with Crippen molar-refractivity contribution >= 4 is 27.4 Å². The van der Waals surface area contributed by atoms with Gasteiger partial charge in [0.15, 0.2) is 0 Å². The monoisotopic (exact) mass is 325 g/mol. The summed E-state index contributed by atoms with van der Waals surface area (Å²) in [4.78, 5) is 10.3. The molecule has 0 bridgehead atoms. The molecule has 3 aromatic rings. The zero-order chi connectivity index (χ0) is 15.6. The van der Waals surface area contributed by atoms with E-state index in [1.54, 1.807) is 11.3 Å². The molecule has 1 saturated heterocycles. The predicted octanol–water partition coefficient (Wildman–Crippen LogP) is 4.26. The fourth-order valence-corrected chi connectivity index (χ4v) is 4.02.